The summed E-state index contributed by atoms with van der Waals surface area (Å²) in [6, 6.07) is 0. The first kappa shape index (κ1) is 14.9. The van der Waals surface area contributed by atoms with E-state index in [9.17, 15) is 0 Å². The lowest BCUT2D eigenvalue weighted by atomic mass is 9.89. The molecule has 0 spiro atoms. The van der Waals surface area contributed by atoms with Crippen molar-refractivity contribution >= 4 is 5.96 Å². The van der Waals surface area contributed by atoms with Crippen LogP contribution in [0.3, 0.4) is 0 Å². The van der Waals surface area contributed by atoms with Crippen LogP contribution in [0.25, 0.3) is 0 Å². The van der Waals surface area contributed by atoms with Crippen LogP contribution >= 0.6 is 0 Å². The molecule has 0 saturated heterocycles. The number of hydrogen-bond donors (Lipinski definition) is 2. The fourth-order valence-corrected chi connectivity index (χ4v) is 2.78. The summed E-state index contributed by atoms with van der Waals surface area (Å²) in [5.41, 5.74) is 2.06. The quantitative estimate of drug-likeness (QED) is 0.656. The minimum Gasteiger partial charge on any atom is -0.361 e. The van der Waals surface area contributed by atoms with Crippen LogP contribution in [-0.2, 0) is 6.54 Å². The Hall–Kier alpha value is -1.52. The predicted octanol–water partition coefficient (Wildman–Crippen LogP) is 2.54. The summed E-state index contributed by atoms with van der Waals surface area (Å²) in [6.07, 6.45) is 6.83. The molecule has 2 N–H and O–H groups in total. The lowest BCUT2D eigenvalue weighted by molar-refractivity contribution is 0.355. The fraction of sp³-hybridized carbons (Fsp3) is 0.733. The second-order valence-electron chi connectivity index (χ2n) is 5.61. The number of nitrogens with one attached hydrogen (secondary N) is 2. The van der Waals surface area contributed by atoms with Gasteiger partial charge in [-0.25, -0.2) is 0 Å². The summed E-state index contributed by atoms with van der Waals surface area (Å²) >= 11 is 0. The van der Waals surface area contributed by atoms with Gasteiger partial charge in [0, 0.05) is 25.7 Å². The maximum absolute atomic E-state index is 5.17. The van der Waals surface area contributed by atoms with Gasteiger partial charge < -0.3 is 15.2 Å². The lowest BCUT2D eigenvalue weighted by Gasteiger charge is -2.22. The molecule has 1 heterocycles. The van der Waals surface area contributed by atoms with E-state index in [4.69, 9.17) is 4.52 Å². The average molecular weight is 278 g/mol. The van der Waals surface area contributed by atoms with E-state index < -0.39 is 0 Å². The van der Waals surface area contributed by atoms with Gasteiger partial charge in [0.05, 0.1) is 5.69 Å². The van der Waals surface area contributed by atoms with Gasteiger partial charge in [-0.1, -0.05) is 24.4 Å². The largest absolute Gasteiger partial charge is 0.361 e. The van der Waals surface area contributed by atoms with Crippen LogP contribution in [0.5, 0.6) is 0 Å². The molecule has 0 atom stereocenters. The minimum atomic E-state index is 0.700. The SMILES string of the molecule is CN=C(NCc1c(C)noc1C)NCC1CCCCC1. The van der Waals surface area contributed by atoms with Crippen LogP contribution < -0.4 is 10.6 Å². The van der Waals surface area contributed by atoms with Crippen molar-refractivity contribution in [2.24, 2.45) is 10.9 Å². The molecule has 112 valence electrons. The standard InChI is InChI=1S/C15H26N4O/c1-11-14(12(2)20-19-11)10-18-15(16-3)17-9-13-7-5-4-6-8-13/h13H,4-10H2,1-3H3,(H2,16,17,18). The first-order valence-corrected chi connectivity index (χ1v) is 7.57. The zero-order valence-corrected chi connectivity index (χ0v) is 12.8. The number of nitrogens with zero attached hydrogens (tertiary/aromatic N) is 2. The third-order valence-corrected chi connectivity index (χ3v) is 4.12. The molecule has 5 nitrogen and oxygen atoms in total. The van der Waals surface area contributed by atoms with Crippen molar-refractivity contribution in [3.05, 3.63) is 17.0 Å². The van der Waals surface area contributed by atoms with E-state index in [0.717, 1.165) is 35.4 Å². The van der Waals surface area contributed by atoms with E-state index in [0.29, 0.717) is 6.54 Å². The Morgan fingerprint density at radius 2 is 2.00 bits per heavy atom. The van der Waals surface area contributed by atoms with E-state index in [1.54, 1.807) is 0 Å². The van der Waals surface area contributed by atoms with E-state index in [2.05, 4.69) is 20.8 Å². The number of aromatic nitrogens is 1. The first-order chi connectivity index (χ1) is 9.70. The van der Waals surface area contributed by atoms with E-state index in [-0.39, 0.29) is 0 Å². The highest BCUT2D eigenvalue weighted by Crippen LogP contribution is 2.22. The van der Waals surface area contributed by atoms with Crippen molar-refractivity contribution < 1.29 is 4.52 Å². The Morgan fingerprint density at radius 3 is 2.60 bits per heavy atom. The number of aliphatic imine (C=N–C) groups is 1. The molecular weight excluding hydrogens is 252 g/mol. The summed E-state index contributed by atoms with van der Waals surface area (Å²) < 4.78 is 5.17. The molecule has 0 amide bonds. The van der Waals surface area contributed by atoms with Crippen molar-refractivity contribution in [2.45, 2.75) is 52.5 Å². The highest BCUT2D eigenvalue weighted by Gasteiger charge is 2.14. The number of hydrogen-bond acceptors (Lipinski definition) is 3. The molecule has 1 fully saturated rings. The van der Waals surface area contributed by atoms with Crippen LogP contribution in [-0.4, -0.2) is 24.7 Å². The molecule has 0 bridgehead atoms. The van der Waals surface area contributed by atoms with Crippen LogP contribution in [0.4, 0.5) is 0 Å². The van der Waals surface area contributed by atoms with Gasteiger partial charge in [-0.05, 0) is 32.6 Å². The van der Waals surface area contributed by atoms with Gasteiger partial charge in [-0.15, -0.1) is 0 Å². The number of rotatable bonds is 4. The molecule has 1 aromatic heterocycles. The third kappa shape index (κ3) is 3.99. The summed E-state index contributed by atoms with van der Waals surface area (Å²) in [5.74, 6) is 2.52. The van der Waals surface area contributed by atoms with Crippen molar-refractivity contribution in [1.82, 2.24) is 15.8 Å². The molecule has 1 aliphatic rings. The van der Waals surface area contributed by atoms with Crippen molar-refractivity contribution in [1.29, 1.82) is 0 Å². The maximum atomic E-state index is 5.17. The summed E-state index contributed by atoms with van der Waals surface area (Å²) in [4.78, 5) is 4.27. The second-order valence-corrected chi connectivity index (χ2v) is 5.61. The first-order valence-electron chi connectivity index (χ1n) is 7.57. The molecule has 2 rings (SSSR count). The molecule has 1 aromatic rings. The second kappa shape index (κ2) is 7.31. The van der Waals surface area contributed by atoms with Gasteiger partial charge in [0.2, 0.25) is 0 Å². The topological polar surface area (TPSA) is 62.5 Å². The lowest BCUT2D eigenvalue weighted by Crippen LogP contribution is -2.39. The van der Waals surface area contributed by atoms with Gasteiger partial charge in [-0.2, -0.15) is 0 Å². The molecule has 1 aliphatic carbocycles. The maximum Gasteiger partial charge on any atom is 0.191 e. The van der Waals surface area contributed by atoms with Crippen molar-refractivity contribution in [2.75, 3.05) is 13.6 Å². The molecule has 20 heavy (non-hydrogen) atoms. The van der Waals surface area contributed by atoms with Crippen molar-refractivity contribution in [3.63, 3.8) is 0 Å². The molecule has 5 heteroatoms. The van der Waals surface area contributed by atoms with E-state index in [1.165, 1.54) is 32.1 Å². The van der Waals surface area contributed by atoms with Gasteiger partial charge in [-0.3, -0.25) is 4.99 Å². The third-order valence-electron chi connectivity index (χ3n) is 4.12. The zero-order chi connectivity index (χ0) is 14.4. The van der Waals surface area contributed by atoms with Crippen LogP contribution in [0.1, 0.15) is 49.1 Å². The fourth-order valence-electron chi connectivity index (χ4n) is 2.78. The van der Waals surface area contributed by atoms with Crippen LogP contribution in [0.15, 0.2) is 9.52 Å². The molecule has 0 aromatic carbocycles. The Morgan fingerprint density at radius 1 is 1.25 bits per heavy atom. The smallest absolute Gasteiger partial charge is 0.191 e. The summed E-state index contributed by atoms with van der Waals surface area (Å²) in [5, 5.41) is 10.7. The van der Waals surface area contributed by atoms with E-state index >= 15 is 0 Å². The van der Waals surface area contributed by atoms with E-state index in [1.807, 2.05) is 20.9 Å². The monoisotopic (exact) mass is 278 g/mol. The average Bonchev–Trinajstić information content (AvgIpc) is 2.80. The van der Waals surface area contributed by atoms with Gasteiger partial charge >= 0.3 is 0 Å². The molecule has 0 radical (unpaired) electrons. The highest BCUT2D eigenvalue weighted by atomic mass is 16.5. The normalized spacial score (nSPS) is 17.2. The Labute approximate surface area is 121 Å². The highest BCUT2D eigenvalue weighted by molar-refractivity contribution is 5.79. The Kier molecular flexibility index (Phi) is 5.44. The van der Waals surface area contributed by atoms with Gasteiger partial charge in [0.15, 0.2) is 5.96 Å². The zero-order valence-electron chi connectivity index (χ0n) is 12.8. The molecule has 0 aliphatic heterocycles. The Bertz CT molecular complexity index is 427. The molecule has 1 saturated carbocycles. The van der Waals surface area contributed by atoms with Gasteiger partial charge in [0.25, 0.3) is 0 Å². The number of aryl methyl sites for hydroxylation is 2. The predicted molar refractivity (Wildman–Crippen MR) is 80.8 cm³/mol. The van der Waals surface area contributed by atoms with Crippen molar-refractivity contribution in [3.8, 4) is 0 Å². The summed E-state index contributed by atoms with van der Waals surface area (Å²) in [7, 11) is 1.81. The minimum absolute atomic E-state index is 0.700. The number of guanidine groups is 1. The molecular formula is C15H26N4O. The van der Waals surface area contributed by atoms with Crippen LogP contribution in [0.2, 0.25) is 0 Å². The van der Waals surface area contributed by atoms with Gasteiger partial charge in [0.1, 0.15) is 5.76 Å². The Balaban J connectivity index is 1.78. The molecule has 0 unspecified atom stereocenters. The summed E-state index contributed by atoms with van der Waals surface area (Å²) in [6.45, 7) is 5.62. The van der Waals surface area contributed by atoms with Crippen LogP contribution in [0, 0.1) is 19.8 Å².